The third kappa shape index (κ3) is 3.97. The van der Waals surface area contributed by atoms with Gasteiger partial charge in [0.15, 0.2) is 0 Å². The highest BCUT2D eigenvalue weighted by atomic mass is 79.9. The van der Waals surface area contributed by atoms with Gasteiger partial charge in [-0.25, -0.2) is 13.6 Å². The Balaban J connectivity index is 2.28. The first kappa shape index (κ1) is 16.7. The number of primary sulfonamides is 1. The molecule has 1 aromatic carbocycles. The molecule has 1 aliphatic carbocycles. The van der Waals surface area contributed by atoms with Crippen LogP contribution in [-0.4, -0.2) is 20.4 Å². The Labute approximate surface area is 137 Å². The summed E-state index contributed by atoms with van der Waals surface area (Å²) in [6.07, 6.45) is 2.94. The molecule has 0 heterocycles. The Kier molecular flexibility index (Phi) is 4.97. The number of nitrogens with one attached hydrogen (secondary N) is 1. The first-order valence-corrected chi connectivity index (χ1v) is 9.23. The maximum atomic E-state index is 12.2. The molecular formula is C13H16BrClN2O3S. The van der Waals surface area contributed by atoms with E-state index in [1.807, 2.05) is 0 Å². The van der Waals surface area contributed by atoms with Crippen LogP contribution in [0.1, 0.15) is 36.5 Å². The summed E-state index contributed by atoms with van der Waals surface area (Å²) in [6, 6.07) is 2.78. The Hall–Kier alpha value is -0.630. The molecule has 0 aliphatic heterocycles. The summed E-state index contributed by atoms with van der Waals surface area (Å²) >= 11 is 9.03. The number of nitrogens with two attached hydrogens (primary N) is 1. The standard InChI is InChI=1S/C13H16BrClN2O3S/c1-7-2-3-9(4-7)17-13(18)8-5-10(15)12(14)11(6-8)21(16,19)20/h5-7,9H,2-4H2,1H3,(H,17,18)(H2,16,19,20). The lowest BCUT2D eigenvalue weighted by atomic mass is 10.1. The summed E-state index contributed by atoms with van der Waals surface area (Å²) in [4.78, 5) is 12.0. The van der Waals surface area contributed by atoms with Crippen molar-refractivity contribution < 1.29 is 13.2 Å². The summed E-state index contributed by atoms with van der Waals surface area (Å²) in [5, 5.41) is 8.16. The largest absolute Gasteiger partial charge is 0.349 e. The predicted octanol–water partition coefficient (Wildman–Crippen LogP) is 2.67. The van der Waals surface area contributed by atoms with Gasteiger partial charge in [-0.15, -0.1) is 0 Å². The molecule has 8 heteroatoms. The van der Waals surface area contributed by atoms with E-state index in [0.29, 0.717) is 5.92 Å². The average Bonchev–Trinajstić information content (AvgIpc) is 2.76. The van der Waals surface area contributed by atoms with Gasteiger partial charge in [0, 0.05) is 11.6 Å². The van der Waals surface area contributed by atoms with Crippen LogP contribution in [0, 0.1) is 5.92 Å². The van der Waals surface area contributed by atoms with Crippen LogP contribution >= 0.6 is 27.5 Å². The molecule has 0 spiro atoms. The number of benzene rings is 1. The normalized spacial score (nSPS) is 22.3. The van der Waals surface area contributed by atoms with Gasteiger partial charge in [0.05, 0.1) is 14.4 Å². The van der Waals surface area contributed by atoms with Gasteiger partial charge in [-0.05, 0) is 53.2 Å². The average molecular weight is 396 g/mol. The molecule has 21 heavy (non-hydrogen) atoms. The molecule has 1 amide bonds. The third-order valence-electron chi connectivity index (χ3n) is 3.59. The third-order valence-corrected chi connectivity index (χ3v) is 6.17. The second kappa shape index (κ2) is 6.24. The Bertz CT molecular complexity index is 678. The summed E-state index contributed by atoms with van der Waals surface area (Å²) in [5.41, 5.74) is 0.187. The molecule has 1 saturated carbocycles. The topological polar surface area (TPSA) is 89.3 Å². The van der Waals surface area contributed by atoms with Crippen molar-refractivity contribution in [3.63, 3.8) is 0 Å². The quantitative estimate of drug-likeness (QED) is 0.824. The van der Waals surface area contributed by atoms with Gasteiger partial charge in [-0.1, -0.05) is 18.5 Å². The van der Waals surface area contributed by atoms with Crippen LogP contribution in [0.2, 0.25) is 5.02 Å². The van der Waals surface area contributed by atoms with E-state index in [-0.39, 0.29) is 31.9 Å². The fourth-order valence-electron chi connectivity index (χ4n) is 2.51. The van der Waals surface area contributed by atoms with Crippen LogP contribution in [0.15, 0.2) is 21.5 Å². The second-order valence-electron chi connectivity index (χ2n) is 5.40. The molecule has 5 nitrogen and oxygen atoms in total. The van der Waals surface area contributed by atoms with Gasteiger partial charge in [0.1, 0.15) is 0 Å². The Morgan fingerprint density at radius 2 is 2.10 bits per heavy atom. The van der Waals surface area contributed by atoms with E-state index in [9.17, 15) is 13.2 Å². The van der Waals surface area contributed by atoms with Crippen LogP contribution in [0.3, 0.4) is 0 Å². The maximum Gasteiger partial charge on any atom is 0.251 e. The number of hydrogen-bond donors (Lipinski definition) is 2. The lowest BCUT2D eigenvalue weighted by Crippen LogP contribution is -2.33. The molecule has 0 radical (unpaired) electrons. The van der Waals surface area contributed by atoms with Gasteiger partial charge in [0.2, 0.25) is 10.0 Å². The van der Waals surface area contributed by atoms with Gasteiger partial charge < -0.3 is 5.32 Å². The maximum absolute atomic E-state index is 12.2. The highest BCUT2D eigenvalue weighted by Gasteiger charge is 2.24. The fraction of sp³-hybridized carbons (Fsp3) is 0.462. The van der Waals surface area contributed by atoms with Crippen LogP contribution in [0.5, 0.6) is 0 Å². The first-order chi connectivity index (χ1) is 9.68. The Morgan fingerprint density at radius 1 is 1.43 bits per heavy atom. The molecule has 2 atom stereocenters. The fourth-order valence-corrected chi connectivity index (χ4v) is 4.34. The molecule has 2 rings (SSSR count). The predicted molar refractivity (Wildman–Crippen MR) is 84.8 cm³/mol. The monoisotopic (exact) mass is 394 g/mol. The van der Waals surface area contributed by atoms with Crippen molar-refractivity contribution in [2.75, 3.05) is 0 Å². The van der Waals surface area contributed by atoms with Crippen molar-refractivity contribution in [1.82, 2.24) is 5.32 Å². The smallest absolute Gasteiger partial charge is 0.251 e. The van der Waals surface area contributed by atoms with Gasteiger partial charge in [-0.3, -0.25) is 4.79 Å². The van der Waals surface area contributed by atoms with Crippen LogP contribution in [-0.2, 0) is 10.0 Å². The highest BCUT2D eigenvalue weighted by Crippen LogP contribution is 2.31. The second-order valence-corrected chi connectivity index (χ2v) is 8.13. The molecule has 116 valence electrons. The van der Waals surface area contributed by atoms with Crippen molar-refractivity contribution in [3.05, 3.63) is 27.2 Å². The highest BCUT2D eigenvalue weighted by molar-refractivity contribution is 9.10. The van der Waals surface area contributed by atoms with E-state index >= 15 is 0 Å². The number of hydrogen-bond acceptors (Lipinski definition) is 3. The van der Waals surface area contributed by atoms with Crippen molar-refractivity contribution in [2.45, 2.75) is 37.1 Å². The molecule has 1 fully saturated rings. The van der Waals surface area contributed by atoms with Gasteiger partial charge in [0.25, 0.3) is 5.91 Å². The number of carbonyl (C=O) groups excluding carboxylic acids is 1. The van der Waals surface area contributed by atoms with E-state index in [1.54, 1.807) is 0 Å². The van der Waals surface area contributed by atoms with Crippen LogP contribution in [0.25, 0.3) is 0 Å². The van der Waals surface area contributed by atoms with Gasteiger partial charge in [-0.2, -0.15) is 0 Å². The summed E-state index contributed by atoms with van der Waals surface area (Å²) in [6.45, 7) is 2.14. The molecule has 0 bridgehead atoms. The molecule has 3 N–H and O–H groups in total. The summed E-state index contributed by atoms with van der Waals surface area (Å²) in [5.74, 6) is 0.247. The minimum absolute atomic E-state index is 0.118. The van der Waals surface area contributed by atoms with Crippen molar-refractivity contribution in [3.8, 4) is 0 Å². The summed E-state index contributed by atoms with van der Waals surface area (Å²) in [7, 11) is -3.96. The van der Waals surface area contributed by atoms with E-state index < -0.39 is 10.0 Å². The minimum Gasteiger partial charge on any atom is -0.349 e. The zero-order valence-electron chi connectivity index (χ0n) is 11.4. The van der Waals surface area contributed by atoms with E-state index in [0.717, 1.165) is 19.3 Å². The van der Waals surface area contributed by atoms with E-state index in [4.69, 9.17) is 16.7 Å². The SMILES string of the molecule is CC1CCC(NC(=O)c2cc(Cl)c(Br)c(S(N)(=O)=O)c2)C1. The molecule has 0 aromatic heterocycles. The minimum atomic E-state index is -3.96. The summed E-state index contributed by atoms with van der Waals surface area (Å²) < 4.78 is 23.2. The molecule has 0 saturated heterocycles. The van der Waals surface area contributed by atoms with Crippen LogP contribution in [0.4, 0.5) is 0 Å². The van der Waals surface area contributed by atoms with Crippen molar-refractivity contribution in [1.29, 1.82) is 0 Å². The molecule has 1 aliphatic rings. The number of carbonyl (C=O) groups is 1. The molecule has 1 aromatic rings. The van der Waals surface area contributed by atoms with Crippen molar-refractivity contribution in [2.24, 2.45) is 11.1 Å². The lowest BCUT2D eigenvalue weighted by molar-refractivity contribution is 0.0937. The molecular weight excluding hydrogens is 380 g/mol. The zero-order chi connectivity index (χ0) is 15.8. The molecule has 2 unspecified atom stereocenters. The van der Waals surface area contributed by atoms with E-state index in [1.165, 1.54) is 12.1 Å². The first-order valence-electron chi connectivity index (χ1n) is 6.51. The van der Waals surface area contributed by atoms with Gasteiger partial charge >= 0.3 is 0 Å². The number of amides is 1. The lowest BCUT2D eigenvalue weighted by Gasteiger charge is -2.14. The number of halogens is 2. The number of sulfonamides is 1. The number of rotatable bonds is 3. The van der Waals surface area contributed by atoms with E-state index in [2.05, 4.69) is 28.2 Å². The zero-order valence-corrected chi connectivity index (χ0v) is 14.6. The van der Waals surface area contributed by atoms with Crippen LogP contribution < -0.4 is 10.5 Å². The van der Waals surface area contributed by atoms with Crippen molar-refractivity contribution >= 4 is 43.5 Å². The Morgan fingerprint density at radius 3 is 2.62 bits per heavy atom.